The summed E-state index contributed by atoms with van der Waals surface area (Å²) in [5.74, 6) is -0.312. The molecule has 0 aromatic carbocycles. The van der Waals surface area contributed by atoms with Crippen LogP contribution in [-0.4, -0.2) is 33.1 Å². The second kappa shape index (κ2) is 8.20. The molecule has 0 fully saturated rings. The number of hydrogen-bond donors (Lipinski definition) is 0. The van der Waals surface area contributed by atoms with Gasteiger partial charge in [0.05, 0.1) is 6.61 Å². The van der Waals surface area contributed by atoms with Gasteiger partial charge in [-0.3, -0.25) is 0 Å². The second-order valence-corrected chi connectivity index (χ2v) is 2.79. The van der Waals surface area contributed by atoms with Crippen LogP contribution in [0.5, 0.6) is 0 Å². The van der Waals surface area contributed by atoms with Crippen molar-refractivity contribution >= 4 is 5.97 Å². The van der Waals surface area contributed by atoms with E-state index in [-0.39, 0.29) is 5.97 Å². The summed E-state index contributed by atoms with van der Waals surface area (Å²) >= 11 is 0. The normalized spacial score (nSPS) is 12.5. The van der Waals surface area contributed by atoms with Crippen LogP contribution >= 0.6 is 0 Å². The molecule has 0 heterocycles. The lowest BCUT2D eigenvalue weighted by Gasteiger charge is -2.06. The molecule has 0 bridgehead atoms. The Morgan fingerprint density at radius 1 is 1.33 bits per heavy atom. The molecule has 86 valence electrons. The molecule has 4 heteroatoms. The Kier molecular flexibility index (Phi) is 7.58. The molecule has 0 unspecified atom stereocenters. The van der Waals surface area contributed by atoms with Crippen LogP contribution < -0.4 is 0 Å². The fraction of sp³-hybridized carbons (Fsp3) is 0.545. The van der Waals surface area contributed by atoms with Gasteiger partial charge in [-0.15, -0.1) is 0 Å². The predicted molar refractivity (Wildman–Crippen MR) is 57.3 cm³/mol. The number of allylic oxidation sites excluding steroid dienone is 2. The molecule has 0 radical (unpaired) electrons. The van der Waals surface area contributed by atoms with Gasteiger partial charge in [-0.05, 0) is 19.9 Å². The summed E-state index contributed by atoms with van der Waals surface area (Å²) in [6.45, 7) is 3.84. The fourth-order valence-corrected chi connectivity index (χ4v) is 0.857. The van der Waals surface area contributed by atoms with E-state index in [1.54, 1.807) is 46.3 Å². The third kappa shape index (κ3) is 6.04. The van der Waals surface area contributed by atoms with Crippen LogP contribution in [-0.2, 0) is 19.0 Å². The summed E-state index contributed by atoms with van der Waals surface area (Å²) in [6.07, 6.45) is 4.66. The first-order chi connectivity index (χ1) is 7.15. The van der Waals surface area contributed by atoms with E-state index in [1.165, 1.54) is 0 Å². The van der Waals surface area contributed by atoms with Gasteiger partial charge < -0.3 is 14.2 Å². The summed E-state index contributed by atoms with van der Waals surface area (Å²) in [5.41, 5.74) is 0.541. The Morgan fingerprint density at radius 3 is 2.40 bits per heavy atom. The van der Waals surface area contributed by atoms with E-state index >= 15 is 0 Å². The zero-order chi connectivity index (χ0) is 11.7. The quantitative estimate of drug-likeness (QED) is 0.222. The molecule has 0 amide bonds. The lowest BCUT2D eigenvalue weighted by atomic mass is 10.3. The van der Waals surface area contributed by atoms with E-state index in [1.807, 2.05) is 0 Å². The average Bonchev–Trinajstić information content (AvgIpc) is 2.24. The highest BCUT2D eigenvalue weighted by atomic mass is 16.7. The molecule has 0 aromatic rings. The highest BCUT2D eigenvalue weighted by Crippen LogP contribution is 1.99. The molecule has 0 aromatic heterocycles. The second-order valence-electron chi connectivity index (χ2n) is 2.79. The van der Waals surface area contributed by atoms with Gasteiger partial charge in [0.15, 0.2) is 6.29 Å². The summed E-state index contributed by atoms with van der Waals surface area (Å²) in [4.78, 5) is 11.2. The number of carbonyl (C=O) groups excluding carboxylic acids is 1. The van der Waals surface area contributed by atoms with E-state index in [2.05, 4.69) is 0 Å². The number of ether oxygens (including phenoxy) is 3. The number of methoxy groups -OCH3 is 2. The Bertz CT molecular complexity index is 239. The number of esters is 1. The van der Waals surface area contributed by atoms with Crippen LogP contribution in [0.15, 0.2) is 23.8 Å². The molecule has 0 N–H and O–H groups in total. The van der Waals surface area contributed by atoms with E-state index < -0.39 is 6.29 Å². The fourth-order valence-electron chi connectivity index (χ4n) is 0.857. The van der Waals surface area contributed by atoms with Gasteiger partial charge in [0.2, 0.25) is 0 Å². The van der Waals surface area contributed by atoms with Crippen molar-refractivity contribution in [2.24, 2.45) is 0 Å². The summed E-state index contributed by atoms with van der Waals surface area (Å²) in [5, 5.41) is 0. The molecule has 15 heavy (non-hydrogen) atoms. The maximum Gasteiger partial charge on any atom is 0.333 e. The lowest BCUT2D eigenvalue weighted by Crippen LogP contribution is -2.08. The Hall–Kier alpha value is -1.13. The van der Waals surface area contributed by atoms with Crippen molar-refractivity contribution in [1.29, 1.82) is 0 Å². The average molecular weight is 215 g/mol. The molecule has 0 aliphatic rings. The smallest absolute Gasteiger partial charge is 0.333 e. The number of carbonyl (C=O) groups is 1. The summed E-state index contributed by atoms with van der Waals surface area (Å²) in [7, 11) is 3.08. The molecule has 0 aliphatic heterocycles. The topological polar surface area (TPSA) is 44.8 Å². The molecule has 0 atom stereocenters. The van der Waals surface area contributed by atoms with Gasteiger partial charge in [0, 0.05) is 19.8 Å². The zero-order valence-electron chi connectivity index (χ0n) is 9.65. The largest absolute Gasteiger partial charge is 0.463 e. The minimum absolute atomic E-state index is 0.312. The monoisotopic (exact) mass is 215 g/mol. The zero-order valence-corrected chi connectivity index (χ0v) is 9.65. The first-order valence-corrected chi connectivity index (χ1v) is 4.73. The third-order valence-corrected chi connectivity index (χ3v) is 1.68. The van der Waals surface area contributed by atoms with E-state index in [9.17, 15) is 4.79 Å². The van der Waals surface area contributed by atoms with Crippen molar-refractivity contribution < 1.29 is 19.0 Å². The first-order valence-electron chi connectivity index (χ1n) is 4.73. The van der Waals surface area contributed by atoms with E-state index in [0.717, 1.165) is 0 Å². The summed E-state index contributed by atoms with van der Waals surface area (Å²) in [6, 6.07) is 0. The van der Waals surface area contributed by atoms with E-state index in [4.69, 9.17) is 14.2 Å². The van der Waals surface area contributed by atoms with Crippen LogP contribution in [0.25, 0.3) is 0 Å². The first kappa shape index (κ1) is 13.9. The van der Waals surface area contributed by atoms with Gasteiger partial charge >= 0.3 is 5.97 Å². The van der Waals surface area contributed by atoms with Gasteiger partial charge in [-0.2, -0.15) is 0 Å². The standard InChI is InChI=1S/C11H18O4/c1-5-15-11(12)9(2)7-6-8-10(13-3)14-4/h6-8,10H,5H2,1-4H3/i11+1. The molecule has 0 spiro atoms. The molecular weight excluding hydrogens is 197 g/mol. The SMILES string of the molecule is CCO[13C](=O)C(C)=CC=CC(OC)OC. The van der Waals surface area contributed by atoms with Gasteiger partial charge in [0.1, 0.15) is 0 Å². The van der Waals surface area contributed by atoms with Crippen LogP contribution in [0.2, 0.25) is 0 Å². The Balaban J connectivity index is 4.19. The van der Waals surface area contributed by atoms with Crippen LogP contribution in [0.4, 0.5) is 0 Å². The molecule has 0 saturated carbocycles. The minimum Gasteiger partial charge on any atom is -0.463 e. The van der Waals surface area contributed by atoms with Crippen molar-refractivity contribution in [3.05, 3.63) is 23.8 Å². The van der Waals surface area contributed by atoms with Crippen molar-refractivity contribution in [3.63, 3.8) is 0 Å². The lowest BCUT2D eigenvalue weighted by molar-refractivity contribution is -0.138. The predicted octanol–water partition coefficient (Wildman–Crippen LogP) is 1.67. The molecular formula is C11H18O4. The van der Waals surface area contributed by atoms with Crippen molar-refractivity contribution in [2.75, 3.05) is 20.8 Å². The van der Waals surface area contributed by atoms with Gasteiger partial charge in [-0.1, -0.05) is 12.2 Å². The van der Waals surface area contributed by atoms with Crippen LogP contribution in [0, 0.1) is 0 Å². The third-order valence-electron chi connectivity index (χ3n) is 1.68. The van der Waals surface area contributed by atoms with Crippen molar-refractivity contribution in [1.82, 2.24) is 0 Å². The maximum absolute atomic E-state index is 11.2. The number of rotatable bonds is 6. The van der Waals surface area contributed by atoms with Gasteiger partial charge in [0.25, 0.3) is 0 Å². The van der Waals surface area contributed by atoms with Crippen molar-refractivity contribution in [2.45, 2.75) is 20.1 Å². The maximum atomic E-state index is 11.2. The molecule has 0 rings (SSSR count). The molecule has 0 saturated heterocycles. The van der Waals surface area contributed by atoms with Crippen molar-refractivity contribution in [3.8, 4) is 0 Å². The highest BCUT2D eigenvalue weighted by Gasteiger charge is 2.02. The minimum atomic E-state index is -0.392. The number of hydrogen-bond acceptors (Lipinski definition) is 4. The Morgan fingerprint density at radius 2 is 1.93 bits per heavy atom. The van der Waals surface area contributed by atoms with E-state index in [0.29, 0.717) is 12.2 Å². The molecule has 0 aliphatic carbocycles. The van der Waals surface area contributed by atoms with Crippen LogP contribution in [0.1, 0.15) is 13.8 Å². The molecule has 4 nitrogen and oxygen atoms in total. The van der Waals surface area contributed by atoms with Gasteiger partial charge in [-0.25, -0.2) is 4.79 Å². The Labute approximate surface area is 90.5 Å². The highest BCUT2D eigenvalue weighted by molar-refractivity contribution is 5.88. The van der Waals surface area contributed by atoms with Crippen LogP contribution in [0.3, 0.4) is 0 Å². The summed E-state index contributed by atoms with van der Waals surface area (Å²) < 4.78 is 14.7.